The SMILES string of the molecule is CC(C)n1ccnc1-c1cccc(-n2cnc3cc(N(C)C)c(-n4cnc(C5CC5)c4)cc3c2=O)n1. The normalized spacial score (nSPS) is 13.6. The van der Waals surface area contributed by atoms with Gasteiger partial charge in [0.25, 0.3) is 5.56 Å². The number of aromatic nitrogens is 7. The maximum absolute atomic E-state index is 13.7. The number of benzene rings is 1. The van der Waals surface area contributed by atoms with Gasteiger partial charge in [-0.1, -0.05) is 6.07 Å². The Morgan fingerprint density at radius 3 is 2.64 bits per heavy atom. The Bertz CT molecular complexity index is 1640. The van der Waals surface area contributed by atoms with Crippen molar-refractivity contribution in [1.29, 1.82) is 0 Å². The Morgan fingerprint density at radius 1 is 1.06 bits per heavy atom. The van der Waals surface area contributed by atoms with Crippen molar-refractivity contribution in [1.82, 2.24) is 33.6 Å². The molecule has 0 atom stereocenters. The summed E-state index contributed by atoms with van der Waals surface area (Å²) in [4.78, 5) is 34.2. The van der Waals surface area contributed by atoms with E-state index >= 15 is 0 Å². The van der Waals surface area contributed by atoms with Crippen molar-refractivity contribution in [3.63, 3.8) is 0 Å². The van der Waals surface area contributed by atoms with Crippen molar-refractivity contribution in [2.24, 2.45) is 0 Å². The van der Waals surface area contributed by atoms with Crippen molar-refractivity contribution < 1.29 is 0 Å². The van der Waals surface area contributed by atoms with E-state index in [4.69, 9.17) is 4.98 Å². The number of rotatable bonds is 6. The minimum Gasteiger partial charge on any atom is -0.376 e. The Balaban J connectivity index is 1.48. The first-order chi connectivity index (χ1) is 17.4. The Morgan fingerprint density at radius 2 is 1.89 bits per heavy atom. The lowest BCUT2D eigenvalue weighted by Gasteiger charge is -2.19. The smallest absolute Gasteiger partial charge is 0.267 e. The van der Waals surface area contributed by atoms with Crippen LogP contribution in [0.2, 0.25) is 0 Å². The lowest BCUT2D eigenvalue weighted by atomic mass is 10.1. The first-order valence-electron chi connectivity index (χ1n) is 12.2. The highest BCUT2D eigenvalue weighted by Gasteiger charge is 2.26. The van der Waals surface area contributed by atoms with Gasteiger partial charge in [0.1, 0.15) is 17.8 Å². The zero-order valence-electron chi connectivity index (χ0n) is 20.8. The molecule has 5 aromatic rings. The van der Waals surface area contributed by atoms with Crippen molar-refractivity contribution >= 4 is 16.6 Å². The summed E-state index contributed by atoms with van der Waals surface area (Å²) in [6, 6.07) is 9.71. The molecule has 1 saturated carbocycles. The third-order valence-electron chi connectivity index (χ3n) is 6.65. The molecule has 0 aliphatic heterocycles. The van der Waals surface area contributed by atoms with Gasteiger partial charge in [0.15, 0.2) is 5.82 Å². The third kappa shape index (κ3) is 3.77. The molecular formula is C27H28N8O. The van der Waals surface area contributed by atoms with E-state index in [0.717, 1.165) is 22.9 Å². The molecule has 0 N–H and O–H groups in total. The predicted molar refractivity (Wildman–Crippen MR) is 140 cm³/mol. The quantitative estimate of drug-likeness (QED) is 0.359. The summed E-state index contributed by atoms with van der Waals surface area (Å²) in [5.74, 6) is 1.82. The lowest BCUT2D eigenvalue weighted by molar-refractivity contribution is 0.605. The molecule has 0 amide bonds. The molecule has 0 radical (unpaired) electrons. The van der Waals surface area contributed by atoms with Gasteiger partial charge in [0.05, 0.1) is 34.3 Å². The molecule has 6 rings (SSSR count). The molecule has 9 nitrogen and oxygen atoms in total. The minimum atomic E-state index is -0.175. The van der Waals surface area contributed by atoms with Gasteiger partial charge in [-0.25, -0.2) is 19.9 Å². The second kappa shape index (κ2) is 8.44. The van der Waals surface area contributed by atoms with Crippen LogP contribution in [0.15, 0.2) is 66.4 Å². The molecule has 0 spiro atoms. The molecule has 4 heterocycles. The lowest BCUT2D eigenvalue weighted by Crippen LogP contribution is -2.21. The largest absolute Gasteiger partial charge is 0.376 e. The molecule has 4 aromatic heterocycles. The summed E-state index contributed by atoms with van der Waals surface area (Å²) in [6.45, 7) is 4.19. The van der Waals surface area contributed by atoms with E-state index in [1.807, 2.05) is 66.4 Å². The Labute approximate surface area is 208 Å². The van der Waals surface area contributed by atoms with Crippen LogP contribution in [-0.2, 0) is 0 Å². The van der Waals surface area contributed by atoms with E-state index < -0.39 is 0 Å². The number of anilines is 1. The number of imidazole rings is 2. The minimum absolute atomic E-state index is 0.175. The molecule has 9 heteroatoms. The Kier molecular flexibility index (Phi) is 5.21. The van der Waals surface area contributed by atoms with Crippen molar-refractivity contribution in [3.8, 4) is 23.0 Å². The predicted octanol–water partition coefficient (Wildman–Crippen LogP) is 4.35. The number of hydrogen-bond acceptors (Lipinski definition) is 6. The van der Waals surface area contributed by atoms with E-state index in [-0.39, 0.29) is 11.6 Å². The average Bonchev–Trinajstić information content (AvgIpc) is 3.39. The first kappa shape index (κ1) is 22.2. The van der Waals surface area contributed by atoms with E-state index in [2.05, 4.69) is 39.6 Å². The Hall–Kier alpha value is -4.27. The maximum atomic E-state index is 13.7. The third-order valence-corrected chi connectivity index (χ3v) is 6.65. The van der Waals surface area contributed by atoms with Crippen LogP contribution in [0.5, 0.6) is 0 Å². The van der Waals surface area contributed by atoms with Gasteiger partial charge >= 0.3 is 0 Å². The van der Waals surface area contributed by atoms with Gasteiger partial charge in [0, 0.05) is 44.6 Å². The fourth-order valence-corrected chi connectivity index (χ4v) is 4.54. The molecule has 1 aliphatic rings. The van der Waals surface area contributed by atoms with Crippen LogP contribution < -0.4 is 10.5 Å². The van der Waals surface area contributed by atoms with E-state index in [0.29, 0.717) is 28.3 Å². The zero-order valence-corrected chi connectivity index (χ0v) is 20.8. The maximum Gasteiger partial charge on any atom is 0.267 e. The number of fused-ring (bicyclic) bond motifs is 1. The van der Waals surface area contributed by atoms with Crippen LogP contribution in [0.1, 0.15) is 44.3 Å². The second-order valence-electron chi connectivity index (χ2n) is 9.79. The van der Waals surface area contributed by atoms with Gasteiger partial charge in [0.2, 0.25) is 0 Å². The van der Waals surface area contributed by atoms with Gasteiger partial charge in [-0.15, -0.1) is 0 Å². The summed E-state index contributed by atoms with van der Waals surface area (Å²) in [6.07, 6.45) is 11.5. The van der Waals surface area contributed by atoms with Crippen LogP contribution in [0.3, 0.4) is 0 Å². The van der Waals surface area contributed by atoms with E-state index in [1.54, 1.807) is 12.5 Å². The van der Waals surface area contributed by atoms with E-state index in [1.165, 1.54) is 17.4 Å². The van der Waals surface area contributed by atoms with Gasteiger partial charge in [-0.3, -0.25) is 9.36 Å². The standard InChI is InChI=1S/C27H28N8O/c1-17(2)34-11-10-28-26(34)20-6-5-7-25(31-20)35-16-30-21-13-23(32(3)4)24(12-19(21)27(35)36)33-14-22(29-15-33)18-8-9-18/h5-7,10-18H,8-9H2,1-4H3. The fraction of sp³-hybridized carbons (Fsp3) is 0.296. The highest BCUT2D eigenvalue weighted by molar-refractivity contribution is 5.86. The monoisotopic (exact) mass is 480 g/mol. The van der Waals surface area contributed by atoms with Gasteiger partial charge in [-0.2, -0.15) is 0 Å². The first-order valence-corrected chi connectivity index (χ1v) is 12.2. The fourth-order valence-electron chi connectivity index (χ4n) is 4.54. The molecule has 1 fully saturated rings. The summed E-state index contributed by atoms with van der Waals surface area (Å²) < 4.78 is 5.56. The molecule has 0 saturated heterocycles. The summed E-state index contributed by atoms with van der Waals surface area (Å²) >= 11 is 0. The van der Waals surface area contributed by atoms with Crippen LogP contribution >= 0.6 is 0 Å². The zero-order chi connectivity index (χ0) is 25.0. The molecule has 0 unspecified atom stereocenters. The van der Waals surface area contributed by atoms with Crippen LogP contribution in [0.25, 0.3) is 33.9 Å². The van der Waals surface area contributed by atoms with Crippen molar-refractivity contribution in [3.05, 3.63) is 77.6 Å². The number of pyridine rings is 1. The van der Waals surface area contributed by atoms with Gasteiger partial charge < -0.3 is 14.0 Å². The molecule has 0 bridgehead atoms. The molecule has 1 aliphatic carbocycles. The summed E-state index contributed by atoms with van der Waals surface area (Å²) in [7, 11) is 3.97. The number of hydrogen-bond donors (Lipinski definition) is 0. The van der Waals surface area contributed by atoms with Crippen molar-refractivity contribution in [2.45, 2.75) is 38.6 Å². The summed E-state index contributed by atoms with van der Waals surface area (Å²) in [5, 5.41) is 0.524. The topological polar surface area (TPSA) is 86.7 Å². The van der Waals surface area contributed by atoms with E-state index in [9.17, 15) is 4.79 Å². The molecule has 182 valence electrons. The average molecular weight is 481 g/mol. The molecular weight excluding hydrogens is 452 g/mol. The summed E-state index contributed by atoms with van der Waals surface area (Å²) in [5.41, 5.74) is 4.12. The second-order valence-corrected chi connectivity index (χ2v) is 9.79. The molecule has 1 aromatic carbocycles. The van der Waals surface area contributed by atoms with Crippen LogP contribution in [0, 0.1) is 0 Å². The molecule has 36 heavy (non-hydrogen) atoms. The number of nitrogens with zero attached hydrogens (tertiary/aromatic N) is 8. The van der Waals surface area contributed by atoms with Crippen LogP contribution in [0.4, 0.5) is 5.69 Å². The van der Waals surface area contributed by atoms with Crippen molar-refractivity contribution in [2.75, 3.05) is 19.0 Å². The highest BCUT2D eigenvalue weighted by Crippen LogP contribution is 2.39. The highest BCUT2D eigenvalue weighted by atomic mass is 16.1. The van der Waals surface area contributed by atoms with Crippen LogP contribution in [-0.4, -0.2) is 47.7 Å². The van der Waals surface area contributed by atoms with Gasteiger partial charge in [-0.05, 0) is 51.0 Å².